The van der Waals surface area contributed by atoms with Crippen LogP contribution in [0.25, 0.3) is 0 Å². The Morgan fingerprint density at radius 3 is 2.24 bits per heavy atom. The van der Waals surface area contributed by atoms with E-state index in [1.165, 1.54) is 44.1 Å². The molecule has 0 aliphatic heterocycles. The molecule has 0 heterocycles. The SMILES string of the molecule is CC1CCC(CCCc2ccccc2)(c2ccccc2)C1. The molecule has 1 aliphatic rings. The predicted molar refractivity (Wildman–Crippen MR) is 90.5 cm³/mol. The van der Waals surface area contributed by atoms with Gasteiger partial charge in [0.1, 0.15) is 0 Å². The molecule has 0 aromatic heterocycles. The smallest absolute Gasteiger partial charge is 0.00442 e. The maximum atomic E-state index is 2.42. The second-order valence-corrected chi connectivity index (χ2v) is 6.83. The quantitative estimate of drug-likeness (QED) is 0.651. The van der Waals surface area contributed by atoms with Crippen molar-refractivity contribution in [3.63, 3.8) is 0 Å². The first-order chi connectivity index (χ1) is 10.3. The Kier molecular flexibility index (Phi) is 4.43. The van der Waals surface area contributed by atoms with Crippen LogP contribution in [0.4, 0.5) is 0 Å². The molecule has 0 spiro atoms. The van der Waals surface area contributed by atoms with Crippen molar-refractivity contribution in [2.75, 3.05) is 0 Å². The monoisotopic (exact) mass is 278 g/mol. The standard InChI is InChI=1S/C21H26/c1-18-14-16-21(17-18,20-12-6-3-7-13-20)15-8-11-19-9-4-2-5-10-19/h2-7,9-10,12-13,18H,8,11,14-17H2,1H3. The zero-order valence-corrected chi connectivity index (χ0v) is 13.1. The summed E-state index contributed by atoms with van der Waals surface area (Å²) in [7, 11) is 0. The summed E-state index contributed by atoms with van der Waals surface area (Å²) in [5, 5.41) is 0. The van der Waals surface area contributed by atoms with Gasteiger partial charge in [-0.3, -0.25) is 0 Å². The van der Waals surface area contributed by atoms with Crippen LogP contribution >= 0.6 is 0 Å². The second-order valence-electron chi connectivity index (χ2n) is 6.83. The lowest BCUT2D eigenvalue weighted by molar-refractivity contribution is 0.379. The van der Waals surface area contributed by atoms with Gasteiger partial charge in [0.15, 0.2) is 0 Å². The highest BCUT2D eigenvalue weighted by Gasteiger charge is 2.38. The first-order valence-electron chi connectivity index (χ1n) is 8.38. The van der Waals surface area contributed by atoms with E-state index in [9.17, 15) is 0 Å². The molecule has 2 unspecified atom stereocenters. The summed E-state index contributed by atoms with van der Waals surface area (Å²) in [5.41, 5.74) is 3.49. The van der Waals surface area contributed by atoms with E-state index < -0.39 is 0 Å². The lowest BCUT2D eigenvalue weighted by Crippen LogP contribution is -2.22. The van der Waals surface area contributed by atoms with E-state index >= 15 is 0 Å². The van der Waals surface area contributed by atoms with E-state index in [0.29, 0.717) is 5.41 Å². The molecule has 0 heteroatoms. The Balaban J connectivity index is 1.69. The summed E-state index contributed by atoms with van der Waals surface area (Å²) < 4.78 is 0. The van der Waals surface area contributed by atoms with E-state index in [0.717, 1.165) is 5.92 Å². The normalized spacial score (nSPS) is 25.1. The highest BCUT2D eigenvalue weighted by Crippen LogP contribution is 2.47. The molecule has 2 aromatic rings. The topological polar surface area (TPSA) is 0 Å². The second kappa shape index (κ2) is 6.47. The number of hydrogen-bond acceptors (Lipinski definition) is 0. The molecule has 0 nitrogen and oxygen atoms in total. The van der Waals surface area contributed by atoms with Gasteiger partial charge in [0.25, 0.3) is 0 Å². The van der Waals surface area contributed by atoms with Crippen LogP contribution in [-0.4, -0.2) is 0 Å². The van der Waals surface area contributed by atoms with Gasteiger partial charge in [-0.15, -0.1) is 0 Å². The number of benzene rings is 2. The number of aryl methyl sites for hydroxylation is 1. The molecule has 0 N–H and O–H groups in total. The van der Waals surface area contributed by atoms with Crippen molar-refractivity contribution in [3.05, 3.63) is 71.8 Å². The number of hydrogen-bond donors (Lipinski definition) is 0. The maximum absolute atomic E-state index is 2.42. The molecule has 21 heavy (non-hydrogen) atoms. The Morgan fingerprint density at radius 2 is 1.62 bits per heavy atom. The van der Waals surface area contributed by atoms with Crippen molar-refractivity contribution in [1.82, 2.24) is 0 Å². The maximum Gasteiger partial charge on any atom is -0.00442 e. The highest BCUT2D eigenvalue weighted by molar-refractivity contribution is 5.27. The first-order valence-corrected chi connectivity index (χ1v) is 8.38. The average Bonchev–Trinajstić information content (AvgIpc) is 2.92. The molecule has 0 amide bonds. The van der Waals surface area contributed by atoms with Gasteiger partial charge in [0.2, 0.25) is 0 Å². The summed E-state index contributed by atoms with van der Waals surface area (Å²) in [6.45, 7) is 2.42. The summed E-state index contributed by atoms with van der Waals surface area (Å²) in [6.07, 6.45) is 7.96. The lowest BCUT2D eigenvalue weighted by Gasteiger charge is -2.30. The minimum absolute atomic E-state index is 0.440. The van der Waals surface area contributed by atoms with E-state index in [1.54, 1.807) is 5.56 Å². The molecule has 0 radical (unpaired) electrons. The third kappa shape index (κ3) is 3.37. The van der Waals surface area contributed by atoms with Gasteiger partial charge in [-0.25, -0.2) is 0 Å². The van der Waals surface area contributed by atoms with Crippen LogP contribution in [0.5, 0.6) is 0 Å². The summed E-state index contributed by atoms with van der Waals surface area (Å²) in [4.78, 5) is 0. The van der Waals surface area contributed by atoms with Gasteiger partial charge in [-0.1, -0.05) is 67.6 Å². The van der Waals surface area contributed by atoms with Crippen molar-refractivity contribution < 1.29 is 0 Å². The summed E-state index contributed by atoms with van der Waals surface area (Å²) in [5.74, 6) is 0.877. The zero-order chi connectivity index (χ0) is 14.5. The largest absolute Gasteiger partial charge is 0.0625 e. The van der Waals surface area contributed by atoms with Gasteiger partial charge in [-0.05, 0) is 61.0 Å². The molecule has 0 bridgehead atoms. The lowest BCUT2D eigenvalue weighted by atomic mass is 9.74. The molecule has 2 atom stereocenters. The molecule has 2 aromatic carbocycles. The van der Waals surface area contributed by atoms with Crippen LogP contribution < -0.4 is 0 Å². The fourth-order valence-electron chi connectivity index (χ4n) is 4.09. The zero-order valence-electron chi connectivity index (χ0n) is 13.1. The fraction of sp³-hybridized carbons (Fsp3) is 0.429. The molecule has 1 aliphatic carbocycles. The molecule has 3 rings (SSSR count). The Morgan fingerprint density at radius 1 is 0.952 bits per heavy atom. The third-order valence-corrected chi connectivity index (χ3v) is 5.20. The number of rotatable bonds is 5. The fourth-order valence-corrected chi connectivity index (χ4v) is 4.09. The molecular formula is C21H26. The molecule has 1 fully saturated rings. The van der Waals surface area contributed by atoms with Crippen molar-refractivity contribution in [1.29, 1.82) is 0 Å². The molecule has 0 saturated heterocycles. The summed E-state index contributed by atoms with van der Waals surface area (Å²) >= 11 is 0. The van der Waals surface area contributed by atoms with E-state index in [4.69, 9.17) is 0 Å². The van der Waals surface area contributed by atoms with E-state index in [2.05, 4.69) is 67.6 Å². The van der Waals surface area contributed by atoms with E-state index in [-0.39, 0.29) is 0 Å². The predicted octanol–water partition coefficient (Wildman–Crippen LogP) is 5.77. The van der Waals surface area contributed by atoms with Gasteiger partial charge >= 0.3 is 0 Å². The van der Waals surface area contributed by atoms with Crippen molar-refractivity contribution in [2.45, 2.75) is 50.9 Å². The van der Waals surface area contributed by atoms with Gasteiger partial charge < -0.3 is 0 Å². The van der Waals surface area contributed by atoms with Crippen molar-refractivity contribution in [2.24, 2.45) is 5.92 Å². The Bertz CT molecular complexity index is 543. The van der Waals surface area contributed by atoms with Crippen LogP contribution in [0, 0.1) is 5.92 Å². The van der Waals surface area contributed by atoms with Crippen LogP contribution in [-0.2, 0) is 11.8 Å². The third-order valence-electron chi connectivity index (χ3n) is 5.20. The van der Waals surface area contributed by atoms with Crippen LogP contribution in [0.2, 0.25) is 0 Å². The summed E-state index contributed by atoms with van der Waals surface area (Å²) in [6, 6.07) is 22.2. The first kappa shape index (κ1) is 14.4. The Labute approximate surface area is 129 Å². The van der Waals surface area contributed by atoms with Crippen LogP contribution in [0.15, 0.2) is 60.7 Å². The van der Waals surface area contributed by atoms with Gasteiger partial charge in [0.05, 0.1) is 0 Å². The van der Waals surface area contributed by atoms with Crippen molar-refractivity contribution >= 4 is 0 Å². The van der Waals surface area contributed by atoms with Gasteiger partial charge in [-0.2, -0.15) is 0 Å². The minimum atomic E-state index is 0.440. The van der Waals surface area contributed by atoms with E-state index in [1.807, 2.05) is 0 Å². The molecular weight excluding hydrogens is 252 g/mol. The molecule has 1 saturated carbocycles. The average molecular weight is 278 g/mol. The van der Waals surface area contributed by atoms with Gasteiger partial charge in [0, 0.05) is 0 Å². The molecule has 110 valence electrons. The highest BCUT2D eigenvalue weighted by atomic mass is 14.4. The minimum Gasteiger partial charge on any atom is -0.0625 e. The van der Waals surface area contributed by atoms with Crippen molar-refractivity contribution in [3.8, 4) is 0 Å². The Hall–Kier alpha value is -1.56. The van der Waals surface area contributed by atoms with Crippen LogP contribution in [0.1, 0.15) is 50.2 Å². The van der Waals surface area contributed by atoms with Crippen LogP contribution in [0.3, 0.4) is 0 Å².